The summed E-state index contributed by atoms with van der Waals surface area (Å²) in [5.74, 6) is 0.936. The molecule has 0 saturated heterocycles. The molecular weight excluding hydrogens is 214 g/mol. The molecule has 2 aromatic heterocycles. The fourth-order valence-corrected chi connectivity index (χ4v) is 1.70. The third kappa shape index (κ3) is 1.61. The van der Waals surface area contributed by atoms with Crippen molar-refractivity contribution in [3.8, 4) is 11.5 Å². The minimum Gasteiger partial charge on any atom is -0.368 e. The number of aromatic nitrogens is 4. The number of benzene rings is 1. The summed E-state index contributed by atoms with van der Waals surface area (Å²) in [6, 6.07) is 11.8. The number of pyridine rings is 1. The van der Waals surface area contributed by atoms with Gasteiger partial charge in [-0.05, 0) is 12.1 Å². The molecule has 0 spiro atoms. The largest absolute Gasteiger partial charge is 0.368 e. The molecule has 0 aliphatic rings. The molecular formula is C12H11N5. The van der Waals surface area contributed by atoms with Gasteiger partial charge in [0.1, 0.15) is 5.69 Å². The van der Waals surface area contributed by atoms with Gasteiger partial charge in [0, 0.05) is 12.4 Å². The van der Waals surface area contributed by atoms with Crippen molar-refractivity contribution in [2.45, 2.75) is 0 Å². The van der Waals surface area contributed by atoms with Crippen molar-refractivity contribution in [3.05, 3.63) is 36.4 Å². The Bertz CT molecular complexity index is 667. The summed E-state index contributed by atoms with van der Waals surface area (Å²) < 4.78 is 1.53. The van der Waals surface area contributed by atoms with Gasteiger partial charge in [0.05, 0.1) is 5.52 Å². The molecule has 0 aliphatic carbocycles. The summed E-state index contributed by atoms with van der Waals surface area (Å²) in [5, 5.41) is 5.30. The highest BCUT2D eigenvalue weighted by molar-refractivity contribution is 5.80. The second-order valence-corrected chi connectivity index (χ2v) is 3.81. The van der Waals surface area contributed by atoms with Crippen molar-refractivity contribution < 1.29 is 0 Å². The van der Waals surface area contributed by atoms with Gasteiger partial charge in [-0.1, -0.05) is 24.3 Å². The summed E-state index contributed by atoms with van der Waals surface area (Å²) >= 11 is 0. The smallest absolute Gasteiger partial charge is 0.218 e. The maximum absolute atomic E-state index is 5.65. The number of para-hydroxylation sites is 1. The highest BCUT2D eigenvalue weighted by Crippen LogP contribution is 2.18. The van der Waals surface area contributed by atoms with E-state index in [4.69, 9.17) is 5.73 Å². The molecule has 1 aromatic carbocycles. The lowest BCUT2D eigenvalue weighted by Crippen LogP contribution is -1.97. The molecule has 0 fully saturated rings. The van der Waals surface area contributed by atoms with Gasteiger partial charge in [-0.15, -0.1) is 5.10 Å². The first kappa shape index (κ1) is 9.77. The highest BCUT2D eigenvalue weighted by atomic mass is 15.4. The van der Waals surface area contributed by atoms with Crippen molar-refractivity contribution in [1.29, 1.82) is 0 Å². The molecule has 2 heterocycles. The predicted molar refractivity (Wildman–Crippen MR) is 66.2 cm³/mol. The lowest BCUT2D eigenvalue weighted by atomic mass is 10.2. The van der Waals surface area contributed by atoms with E-state index in [0.717, 1.165) is 16.6 Å². The number of anilines is 1. The Hall–Kier alpha value is -2.43. The van der Waals surface area contributed by atoms with E-state index in [1.165, 1.54) is 4.68 Å². The molecule has 2 N–H and O–H groups in total. The standard InChI is InChI=1S/C12H11N5/c1-17-12(13)15-11(16-17)10-7-6-8-4-2-3-5-9(8)14-10/h2-7H,1H3,(H2,13,15,16). The van der Waals surface area contributed by atoms with Crippen LogP contribution in [-0.4, -0.2) is 19.7 Å². The van der Waals surface area contributed by atoms with Gasteiger partial charge in [-0.3, -0.25) is 0 Å². The molecule has 3 rings (SSSR count). The van der Waals surface area contributed by atoms with E-state index in [-0.39, 0.29) is 0 Å². The molecule has 0 aliphatic heterocycles. The maximum atomic E-state index is 5.65. The number of nitrogens with zero attached hydrogens (tertiary/aromatic N) is 4. The van der Waals surface area contributed by atoms with Gasteiger partial charge in [-0.25, -0.2) is 9.67 Å². The molecule has 0 radical (unpaired) electrons. The Morgan fingerprint density at radius 3 is 2.65 bits per heavy atom. The third-order valence-corrected chi connectivity index (χ3v) is 2.62. The summed E-state index contributed by atoms with van der Waals surface area (Å²) in [7, 11) is 1.76. The lowest BCUT2D eigenvalue weighted by Gasteiger charge is -1.98. The fourth-order valence-electron chi connectivity index (χ4n) is 1.70. The number of nitrogens with two attached hydrogens (primary N) is 1. The number of rotatable bonds is 1. The molecule has 0 saturated carbocycles. The van der Waals surface area contributed by atoms with Crippen LogP contribution in [0.2, 0.25) is 0 Å². The molecule has 0 bridgehead atoms. The SMILES string of the molecule is Cn1nc(-c2ccc3ccccc3n2)nc1N. The number of hydrogen-bond donors (Lipinski definition) is 1. The van der Waals surface area contributed by atoms with Crippen LogP contribution in [0.4, 0.5) is 5.95 Å². The number of aryl methyl sites for hydroxylation is 1. The molecule has 0 atom stereocenters. The van der Waals surface area contributed by atoms with Crippen LogP contribution in [-0.2, 0) is 7.05 Å². The van der Waals surface area contributed by atoms with Crippen molar-refractivity contribution >= 4 is 16.9 Å². The van der Waals surface area contributed by atoms with Crippen molar-refractivity contribution in [2.24, 2.45) is 7.05 Å². The van der Waals surface area contributed by atoms with E-state index in [2.05, 4.69) is 15.1 Å². The second-order valence-electron chi connectivity index (χ2n) is 3.81. The van der Waals surface area contributed by atoms with Crippen LogP contribution in [0.1, 0.15) is 0 Å². The lowest BCUT2D eigenvalue weighted by molar-refractivity contribution is 0.780. The average molecular weight is 225 g/mol. The van der Waals surface area contributed by atoms with E-state index in [9.17, 15) is 0 Å². The Balaban J connectivity index is 2.17. The first-order chi connectivity index (χ1) is 8.24. The van der Waals surface area contributed by atoms with E-state index in [0.29, 0.717) is 11.8 Å². The van der Waals surface area contributed by atoms with Gasteiger partial charge in [-0.2, -0.15) is 4.98 Å². The summed E-state index contributed by atoms with van der Waals surface area (Å²) in [6.45, 7) is 0. The van der Waals surface area contributed by atoms with E-state index in [1.54, 1.807) is 7.05 Å². The van der Waals surface area contributed by atoms with Crippen LogP contribution in [0.5, 0.6) is 0 Å². The van der Waals surface area contributed by atoms with Gasteiger partial charge >= 0.3 is 0 Å². The van der Waals surface area contributed by atoms with E-state index in [1.807, 2.05) is 36.4 Å². The summed E-state index contributed by atoms with van der Waals surface area (Å²) in [4.78, 5) is 8.66. The Morgan fingerprint density at radius 2 is 1.88 bits per heavy atom. The normalized spacial score (nSPS) is 10.9. The zero-order valence-corrected chi connectivity index (χ0v) is 9.33. The Labute approximate surface area is 97.9 Å². The van der Waals surface area contributed by atoms with Crippen molar-refractivity contribution in [2.75, 3.05) is 5.73 Å². The van der Waals surface area contributed by atoms with Crippen LogP contribution in [0.15, 0.2) is 36.4 Å². The minimum atomic E-state index is 0.384. The zero-order valence-electron chi connectivity index (χ0n) is 9.33. The molecule has 17 heavy (non-hydrogen) atoms. The first-order valence-electron chi connectivity index (χ1n) is 5.27. The minimum absolute atomic E-state index is 0.384. The van der Waals surface area contributed by atoms with Crippen LogP contribution >= 0.6 is 0 Å². The van der Waals surface area contributed by atoms with E-state index >= 15 is 0 Å². The number of hydrogen-bond acceptors (Lipinski definition) is 4. The van der Waals surface area contributed by atoms with E-state index < -0.39 is 0 Å². The predicted octanol–water partition coefficient (Wildman–Crippen LogP) is 1.61. The molecule has 5 heteroatoms. The van der Waals surface area contributed by atoms with Gasteiger partial charge < -0.3 is 5.73 Å². The quantitative estimate of drug-likeness (QED) is 0.683. The molecule has 5 nitrogen and oxygen atoms in total. The molecule has 3 aromatic rings. The fraction of sp³-hybridized carbons (Fsp3) is 0.0833. The van der Waals surface area contributed by atoms with Crippen LogP contribution in [0.3, 0.4) is 0 Å². The third-order valence-electron chi connectivity index (χ3n) is 2.62. The highest BCUT2D eigenvalue weighted by Gasteiger charge is 2.08. The molecule has 0 unspecified atom stereocenters. The van der Waals surface area contributed by atoms with Gasteiger partial charge in [0.15, 0.2) is 0 Å². The van der Waals surface area contributed by atoms with Gasteiger partial charge in [0.25, 0.3) is 0 Å². The number of fused-ring (bicyclic) bond motifs is 1. The van der Waals surface area contributed by atoms with Crippen molar-refractivity contribution in [1.82, 2.24) is 19.7 Å². The summed E-state index contributed by atoms with van der Waals surface area (Å²) in [5.41, 5.74) is 7.31. The monoisotopic (exact) mass is 225 g/mol. The first-order valence-corrected chi connectivity index (χ1v) is 5.27. The van der Waals surface area contributed by atoms with Crippen LogP contribution in [0, 0.1) is 0 Å². The van der Waals surface area contributed by atoms with Crippen LogP contribution in [0.25, 0.3) is 22.4 Å². The Kier molecular flexibility index (Phi) is 2.04. The topological polar surface area (TPSA) is 69.6 Å². The maximum Gasteiger partial charge on any atom is 0.218 e. The number of nitrogen functional groups attached to an aromatic ring is 1. The Morgan fingerprint density at radius 1 is 1.06 bits per heavy atom. The summed E-state index contributed by atoms with van der Waals surface area (Å²) in [6.07, 6.45) is 0. The second kappa shape index (κ2) is 3.55. The van der Waals surface area contributed by atoms with Crippen molar-refractivity contribution in [3.63, 3.8) is 0 Å². The zero-order chi connectivity index (χ0) is 11.8. The molecule has 84 valence electrons. The average Bonchev–Trinajstić information content (AvgIpc) is 2.69. The van der Waals surface area contributed by atoms with Gasteiger partial charge in [0.2, 0.25) is 11.8 Å². The van der Waals surface area contributed by atoms with Crippen LogP contribution < -0.4 is 5.73 Å². The molecule has 0 amide bonds.